The molecule has 4 rings (SSSR count). The molecule has 2 heterocycles. The SMILES string of the molecule is CC(C)n1c(S[C@H](C)C(=O)N2c3ccccc3C[C@@H]2C)nc2ccccc2c1=O. The van der Waals surface area contributed by atoms with Gasteiger partial charge in [0.25, 0.3) is 5.56 Å². The van der Waals surface area contributed by atoms with E-state index in [9.17, 15) is 9.59 Å². The van der Waals surface area contributed by atoms with Crippen molar-refractivity contribution in [1.29, 1.82) is 0 Å². The number of hydrogen-bond donors (Lipinski definition) is 0. The fourth-order valence-corrected chi connectivity index (χ4v) is 5.06. The second kappa shape index (κ2) is 7.67. The maximum absolute atomic E-state index is 13.3. The van der Waals surface area contributed by atoms with E-state index in [1.807, 2.05) is 62.1 Å². The van der Waals surface area contributed by atoms with E-state index in [4.69, 9.17) is 4.98 Å². The summed E-state index contributed by atoms with van der Waals surface area (Å²) >= 11 is 1.36. The quantitative estimate of drug-likeness (QED) is 0.474. The highest BCUT2D eigenvalue weighted by molar-refractivity contribution is 8.00. The van der Waals surface area contributed by atoms with Crippen molar-refractivity contribution >= 4 is 34.3 Å². The van der Waals surface area contributed by atoms with Gasteiger partial charge in [-0.1, -0.05) is 42.1 Å². The smallest absolute Gasteiger partial charge is 0.262 e. The van der Waals surface area contributed by atoms with Crippen LogP contribution in [0.4, 0.5) is 5.69 Å². The molecule has 2 aromatic carbocycles. The number of fused-ring (bicyclic) bond motifs is 2. The zero-order chi connectivity index (χ0) is 20.7. The number of thioether (sulfide) groups is 1. The fraction of sp³-hybridized carbons (Fsp3) is 0.348. The lowest BCUT2D eigenvalue weighted by molar-refractivity contribution is -0.118. The number of hydrogen-bond acceptors (Lipinski definition) is 4. The Kier molecular flexibility index (Phi) is 5.21. The van der Waals surface area contributed by atoms with Gasteiger partial charge in [0.05, 0.1) is 16.2 Å². The summed E-state index contributed by atoms with van der Waals surface area (Å²) in [6, 6.07) is 15.5. The van der Waals surface area contributed by atoms with Gasteiger partial charge < -0.3 is 4.90 Å². The fourth-order valence-electron chi connectivity index (χ4n) is 3.97. The molecule has 0 saturated heterocycles. The predicted octanol–water partition coefficient (Wildman–Crippen LogP) is 4.44. The third kappa shape index (κ3) is 3.46. The summed E-state index contributed by atoms with van der Waals surface area (Å²) in [5.41, 5.74) is 2.79. The number of aromatic nitrogens is 2. The van der Waals surface area contributed by atoms with E-state index in [0.29, 0.717) is 16.1 Å². The van der Waals surface area contributed by atoms with Gasteiger partial charge in [-0.2, -0.15) is 0 Å². The molecule has 2 atom stereocenters. The lowest BCUT2D eigenvalue weighted by Gasteiger charge is -2.26. The van der Waals surface area contributed by atoms with Gasteiger partial charge >= 0.3 is 0 Å². The molecule has 1 amide bonds. The maximum Gasteiger partial charge on any atom is 0.262 e. The van der Waals surface area contributed by atoms with Crippen LogP contribution in [0.15, 0.2) is 58.5 Å². The first-order valence-corrected chi connectivity index (χ1v) is 10.9. The summed E-state index contributed by atoms with van der Waals surface area (Å²) < 4.78 is 1.69. The third-order valence-corrected chi connectivity index (χ3v) is 6.42. The molecule has 0 radical (unpaired) electrons. The van der Waals surface area contributed by atoms with Crippen LogP contribution in [-0.4, -0.2) is 26.8 Å². The van der Waals surface area contributed by atoms with Gasteiger partial charge in [-0.05, 0) is 57.9 Å². The van der Waals surface area contributed by atoms with Crippen molar-refractivity contribution in [3.63, 3.8) is 0 Å². The first-order valence-electron chi connectivity index (χ1n) is 9.97. The van der Waals surface area contributed by atoms with E-state index < -0.39 is 0 Å². The minimum atomic E-state index is -0.360. The lowest BCUT2D eigenvalue weighted by Crippen LogP contribution is -2.40. The van der Waals surface area contributed by atoms with E-state index in [1.165, 1.54) is 17.3 Å². The Morgan fingerprint density at radius 3 is 2.55 bits per heavy atom. The maximum atomic E-state index is 13.3. The molecule has 1 aromatic heterocycles. The Morgan fingerprint density at radius 2 is 1.79 bits per heavy atom. The first kappa shape index (κ1) is 19.7. The average Bonchev–Trinajstić information content (AvgIpc) is 3.02. The Labute approximate surface area is 174 Å². The number of rotatable bonds is 4. The molecule has 0 aliphatic carbocycles. The molecule has 0 saturated carbocycles. The molecule has 6 heteroatoms. The zero-order valence-corrected chi connectivity index (χ0v) is 17.9. The number of carbonyl (C=O) groups is 1. The minimum absolute atomic E-state index is 0.0455. The molecule has 0 bridgehead atoms. The predicted molar refractivity (Wildman–Crippen MR) is 119 cm³/mol. The van der Waals surface area contributed by atoms with Gasteiger partial charge in [0.2, 0.25) is 5.91 Å². The molecule has 0 fully saturated rings. The van der Waals surface area contributed by atoms with Crippen LogP contribution in [0.1, 0.15) is 39.3 Å². The van der Waals surface area contributed by atoms with Crippen molar-refractivity contribution in [1.82, 2.24) is 9.55 Å². The van der Waals surface area contributed by atoms with E-state index in [2.05, 4.69) is 13.0 Å². The minimum Gasteiger partial charge on any atom is -0.308 e. The Morgan fingerprint density at radius 1 is 1.10 bits per heavy atom. The van der Waals surface area contributed by atoms with Crippen LogP contribution >= 0.6 is 11.8 Å². The van der Waals surface area contributed by atoms with Gasteiger partial charge in [-0.25, -0.2) is 4.98 Å². The number of nitrogens with zero attached hydrogens (tertiary/aromatic N) is 3. The second-order valence-electron chi connectivity index (χ2n) is 7.83. The van der Waals surface area contributed by atoms with Crippen LogP contribution in [0, 0.1) is 0 Å². The summed E-state index contributed by atoms with van der Waals surface area (Å²) in [5, 5.41) is 0.831. The summed E-state index contributed by atoms with van der Waals surface area (Å²) in [6.45, 7) is 7.90. The van der Waals surface area contributed by atoms with Crippen molar-refractivity contribution in [2.45, 2.75) is 56.6 Å². The summed E-state index contributed by atoms with van der Waals surface area (Å²) in [6.07, 6.45) is 0.865. The molecule has 150 valence electrons. The highest BCUT2D eigenvalue weighted by Gasteiger charge is 2.34. The highest BCUT2D eigenvalue weighted by atomic mass is 32.2. The third-order valence-electron chi connectivity index (χ3n) is 5.37. The Balaban J connectivity index is 1.69. The monoisotopic (exact) mass is 407 g/mol. The largest absolute Gasteiger partial charge is 0.308 e. The Hall–Kier alpha value is -2.60. The second-order valence-corrected chi connectivity index (χ2v) is 9.14. The summed E-state index contributed by atoms with van der Waals surface area (Å²) in [4.78, 5) is 33.0. The van der Waals surface area contributed by atoms with Crippen LogP contribution in [-0.2, 0) is 11.2 Å². The molecule has 0 N–H and O–H groups in total. The van der Waals surface area contributed by atoms with E-state index in [0.717, 1.165) is 12.1 Å². The van der Waals surface area contributed by atoms with Gasteiger partial charge in [-0.15, -0.1) is 0 Å². The van der Waals surface area contributed by atoms with Gasteiger partial charge in [-0.3, -0.25) is 14.2 Å². The van der Waals surface area contributed by atoms with Crippen LogP contribution in [0.2, 0.25) is 0 Å². The van der Waals surface area contributed by atoms with Crippen LogP contribution in [0.3, 0.4) is 0 Å². The zero-order valence-electron chi connectivity index (χ0n) is 17.1. The molecule has 0 unspecified atom stereocenters. The average molecular weight is 408 g/mol. The molecule has 1 aliphatic rings. The van der Waals surface area contributed by atoms with Crippen molar-refractivity contribution in [2.75, 3.05) is 4.90 Å². The van der Waals surface area contributed by atoms with Gasteiger partial charge in [0, 0.05) is 17.8 Å². The Bertz CT molecular complexity index is 1140. The van der Waals surface area contributed by atoms with Gasteiger partial charge in [0.1, 0.15) is 0 Å². The standard InChI is InChI=1S/C23H25N3O2S/c1-14(2)25-22(28)18-10-6-7-11-19(18)24-23(25)29-16(4)21(27)26-15(3)13-17-9-5-8-12-20(17)26/h5-12,14-16H,13H2,1-4H3/t15-,16+/m0/s1. The molecule has 29 heavy (non-hydrogen) atoms. The van der Waals surface area contributed by atoms with Crippen LogP contribution in [0.5, 0.6) is 0 Å². The normalized spacial score (nSPS) is 17.0. The van der Waals surface area contributed by atoms with E-state index >= 15 is 0 Å². The summed E-state index contributed by atoms with van der Waals surface area (Å²) in [7, 11) is 0. The van der Waals surface area contributed by atoms with E-state index in [1.54, 1.807) is 10.6 Å². The molecular formula is C23H25N3O2S. The van der Waals surface area contributed by atoms with Gasteiger partial charge in [0.15, 0.2) is 5.16 Å². The first-order chi connectivity index (χ1) is 13.9. The van der Waals surface area contributed by atoms with Crippen molar-refractivity contribution < 1.29 is 4.79 Å². The molecule has 3 aromatic rings. The van der Waals surface area contributed by atoms with Crippen LogP contribution in [0.25, 0.3) is 10.9 Å². The molecular weight excluding hydrogens is 382 g/mol. The number of benzene rings is 2. The van der Waals surface area contributed by atoms with E-state index in [-0.39, 0.29) is 28.8 Å². The van der Waals surface area contributed by atoms with Crippen molar-refractivity contribution in [3.05, 3.63) is 64.4 Å². The number of anilines is 1. The lowest BCUT2D eigenvalue weighted by atomic mass is 10.1. The number of amides is 1. The molecule has 1 aliphatic heterocycles. The van der Waals surface area contributed by atoms with Crippen molar-refractivity contribution in [2.24, 2.45) is 0 Å². The molecule has 0 spiro atoms. The number of carbonyl (C=O) groups excluding carboxylic acids is 1. The topological polar surface area (TPSA) is 55.2 Å². The number of para-hydroxylation sites is 2. The van der Waals surface area contributed by atoms with Crippen molar-refractivity contribution in [3.8, 4) is 0 Å². The van der Waals surface area contributed by atoms with Crippen LogP contribution < -0.4 is 10.5 Å². The summed E-state index contributed by atoms with van der Waals surface area (Å²) in [5.74, 6) is 0.0464. The highest BCUT2D eigenvalue weighted by Crippen LogP contribution is 2.35. The molecule has 5 nitrogen and oxygen atoms in total.